The first-order valence-corrected chi connectivity index (χ1v) is 7.74. The van der Waals surface area contributed by atoms with Gasteiger partial charge in [-0.2, -0.15) is 0 Å². The van der Waals surface area contributed by atoms with Crippen molar-refractivity contribution in [2.45, 2.75) is 25.3 Å². The third kappa shape index (κ3) is 2.13. The van der Waals surface area contributed by atoms with Gasteiger partial charge in [0.25, 0.3) is 5.91 Å². The Balaban J connectivity index is 1.52. The Labute approximate surface area is 132 Å². The number of imide groups is 1. The average molecular weight is 314 g/mol. The molecule has 2 aromatic rings. The Morgan fingerprint density at radius 3 is 2.74 bits per heavy atom. The maximum Gasteiger partial charge on any atom is 0.322 e. The van der Waals surface area contributed by atoms with Crippen LogP contribution in [0.15, 0.2) is 18.6 Å². The van der Waals surface area contributed by atoms with Gasteiger partial charge in [-0.1, -0.05) is 0 Å². The minimum Gasteiger partial charge on any atom is -0.356 e. The maximum atomic E-state index is 12.1. The summed E-state index contributed by atoms with van der Waals surface area (Å²) in [6, 6.07) is 1.58. The summed E-state index contributed by atoms with van der Waals surface area (Å²) < 4.78 is 0. The van der Waals surface area contributed by atoms with Crippen LogP contribution < -0.4 is 15.5 Å². The number of amides is 3. The summed E-state index contributed by atoms with van der Waals surface area (Å²) in [5, 5.41) is 6.13. The molecule has 0 saturated carbocycles. The Kier molecular flexibility index (Phi) is 3.00. The third-order valence-corrected chi connectivity index (χ3v) is 5.02. The molecule has 3 N–H and O–H groups in total. The van der Waals surface area contributed by atoms with Gasteiger partial charge in [-0.3, -0.25) is 10.1 Å². The van der Waals surface area contributed by atoms with Crippen molar-refractivity contribution >= 4 is 28.8 Å². The zero-order valence-corrected chi connectivity index (χ0v) is 12.8. The molecule has 2 aromatic heterocycles. The second-order valence-corrected chi connectivity index (χ2v) is 6.31. The number of carbonyl (C=O) groups is 2. The molecule has 1 atom stereocenters. The molecule has 2 aliphatic rings. The molecule has 0 radical (unpaired) electrons. The van der Waals surface area contributed by atoms with Crippen LogP contribution in [-0.2, 0) is 4.79 Å². The van der Waals surface area contributed by atoms with Crippen molar-refractivity contribution in [3.8, 4) is 0 Å². The van der Waals surface area contributed by atoms with Gasteiger partial charge in [0.05, 0.1) is 5.39 Å². The number of hydrogen-bond acceptors (Lipinski definition) is 5. The molecule has 2 fully saturated rings. The van der Waals surface area contributed by atoms with Crippen LogP contribution in [0.5, 0.6) is 0 Å². The number of piperidine rings is 1. The van der Waals surface area contributed by atoms with Gasteiger partial charge in [-0.15, -0.1) is 0 Å². The molecule has 23 heavy (non-hydrogen) atoms. The number of aromatic amines is 1. The molecule has 120 valence electrons. The largest absolute Gasteiger partial charge is 0.356 e. The third-order valence-electron chi connectivity index (χ3n) is 5.02. The summed E-state index contributed by atoms with van der Waals surface area (Å²) in [7, 11) is 0. The van der Waals surface area contributed by atoms with Gasteiger partial charge in [-0.25, -0.2) is 14.8 Å². The second kappa shape index (κ2) is 4.94. The van der Waals surface area contributed by atoms with E-state index in [0.717, 1.165) is 42.8 Å². The zero-order chi connectivity index (χ0) is 16.0. The van der Waals surface area contributed by atoms with Crippen molar-refractivity contribution in [1.29, 1.82) is 0 Å². The van der Waals surface area contributed by atoms with Crippen molar-refractivity contribution in [1.82, 2.24) is 25.6 Å². The van der Waals surface area contributed by atoms with Crippen molar-refractivity contribution in [2.75, 3.05) is 18.0 Å². The van der Waals surface area contributed by atoms with Crippen molar-refractivity contribution in [2.24, 2.45) is 5.92 Å². The molecule has 1 unspecified atom stereocenters. The maximum absolute atomic E-state index is 12.1. The zero-order valence-electron chi connectivity index (χ0n) is 12.8. The number of anilines is 1. The molecular formula is C15H18N6O2. The first-order valence-electron chi connectivity index (χ1n) is 7.74. The molecule has 3 amide bonds. The highest BCUT2D eigenvalue weighted by molar-refractivity contribution is 6.07. The summed E-state index contributed by atoms with van der Waals surface area (Å²) in [6.45, 7) is 3.39. The predicted octanol–water partition coefficient (Wildman–Crippen LogP) is 0.772. The van der Waals surface area contributed by atoms with E-state index in [2.05, 4.69) is 30.5 Å². The van der Waals surface area contributed by atoms with Gasteiger partial charge < -0.3 is 15.2 Å². The van der Waals surface area contributed by atoms with E-state index in [4.69, 9.17) is 0 Å². The van der Waals surface area contributed by atoms with Crippen LogP contribution in [0.4, 0.5) is 10.6 Å². The lowest BCUT2D eigenvalue weighted by Gasteiger charge is -2.39. The Bertz CT molecular complexity index is 779. The van der Waals surface area contributed by atoms with E-state index in [-0.39, 0.29) is 11.8 Å². The van der Waals surface area contributed by atoms with Gasteiger partial charge in [0.1, 0.15) is 23.3 Å². The number of H-pyrrole nitrogens is 1. The fourth-order valence-corrected chi connectivity index (χ4v) is 3.62. The lowest BCUT2D eigenvalue weighted by molar-refractivity contribution is -0.125. The van der Waals surface area contributed by atoms with Crippen LogP contribution in [0.1, 0.15) is 19.8 Å². The highest BCUT2D eigenvalue weighted by Gasteiger charge is 2.48. The monoisotopic (exact) mass is 314 g/mol. The van der Waals surface area contributed by atoms with E-state index in [1.807, 2.05) is 19.2 Å². The van der Waals surface area contributed by atoms with Crippen LogP contribution in [0.3, 0.4) is 0 Å². The minimum atomic E-state index is -0.807. The van der Waals surface area contributed by atoms with Crippen molar-refractivity contribution in [3.63, 3.8) is 0 Å². The van der Waals surface area contributed by atoms with Gasteiger partial charge >= 0.3 is 6.03 Å². The van der Waals surface area contributed by atoms with Gasteiger partial charge in [0.15, 0.2) is 0 Å². The van der Waals surface area contributed by atoms with Crippen LogP contribution in [0, 0.1) is 5.92 Å². The number of rotatable bonds is 2. The van der Waals surface area contributed by atoms with E-state index < -0.39 is 11.6 Å². The summed E-state index contributed by atoms with van der Waals surface area (Å²) in [5.41, 5.74) is 0.0182. The van der Waals surface area contributed by atoms with Gasteiger partial charge in [-0.05, 0) is 31.7 Å². The fourth-order valence-electron chi connectivity index (χ4n) is 3.62. The first-order chi connectivity index (χ1) is 11.1. The molecular weight excluding hydrogens is 296 g/mol. The fraction of sp³-hybridized carbons (Fsp3) is 0.467. The molecule has 0 aromatic carbocycles. The van der Waals surface area contributed by atoms with E-state index >= 15 is 0 Å². The molecule has 0 bridgehead atoms. The molecule has 8 heteroatoms. The molecule has 4 rings (SSSR count). The Hall–Kier alpha value is -2.64. The van der Waals surface area contributed by atoms with Crippen LogP contribution in [0.25, 0.3) is 11.0 Å². The van der Waals surface area contributed by atoms with E-state index in [1.54, 1.807) is 6.33 Å². The van der Waals surface area contributed by atoms with Crippen LogP contribution in [0.2, 0.25) is 0 Å². The predicted molar refractivity (Wildman–Crippen MR) is 83.9 cm³/mol. The molecule has 2 saturated heterocycles. The number of carbonyl (C=O) groups excluding carboxylic acids is 2. The summed E-state index contributed by atoms with van der Waals surface area (Å²) in [6.07, 6.45) is 5.06. The van der Waals surface area contributed by atoms with Crippen LogP contribution >= 0.6 is 0 Å². The van der Waals surface area contributed by atoms with Gasteiger partial charge in [0.2, 0.25) is 0 Å². The molecule has 2 aliphatic heterocycles. The first kappa shape index (κ1) is 14.0. The SMILES string of the molecule is CC1(C2CCN(c3ncnc4[nH]ccc34)CC2)NC(=O)NC1=O. The number of fused-ring (bicyclic) bond motifs is 1. The topological polar surface area (TPSA) is 103 Å². The number of aromatic nitrogens is 3. The number of nitrogens with zero attached hydrogens (tertiary/aromatic N) is 3. The van der Waals surface area contributed by atoms with E-state index in [0.29, 0.717) is 0 Å². The smallest absolute Gasteiger partial charge is 0.322 e. The van der Waals surface area contributed by atoms with E-state index in [1.165, 1.54) is 0 Å². The highest BCUT2D eigenvalue weighted by atomic mass is 16.2. The Morgan fingerprint density at radius 2 is 2.04 bits per heavy atom. The summed E-state index contributed by atoms with van der Waals surface area (Å²) in [4.78, 5) is 37.4. The lowest BCUT2D eigenvalue weighted by Crippen LogP contribution is -2.53. The second-order valence-electron chi connectivity index (χ2n) is 6.31. The quantitative estimate of drug-likeness (QED) is 0.711. The highest BCUT2D eigenvalue weighted by Crippen LogP contribution is 2.33. The minimum absolute atomic E-state index is 0.119. The van der Waals surface area contributed by atoms with Crippen molar-refractivity contribution in [3.05, 3.63) is 18.6 Å². The Morgan fingerprint density at radius 1 is 1.26 bits per heavy atom. The normalized spacial score (nSPS) is 25.7. The van der Waals surface area contributed by atoms with E-state index in [9.17, 15) is 9.59 Å². The summed E-state index contributed by atoms with van der Waals surface area (Å²) >= 11 is 0. The van der Waals surface area contributed by atoms with Gasteiger partial charge in [0, 0.05) is 19.3 Å². The number of urea groups is 1. The average Bonchev–Trinajstić information content (AvgIpc) is 3.12. The van der Waals surface area contributed by atoms with Crippen molar-refractivity contribution < 1.29 is 9.59 Å². The number of nitrogens with one attached hydrogen (secondary N) is 3. The number of hydrogen-bond donors (Lipinski definition) is 3. The van der Waals surface area contributed by atoms with Crippen LogP contribution in [-0.4, -0.2) is 45.5 Å². The summed E-state index contributed by atoms with van der Waals surface area (Å²) in [5.74, 6) is 0.810. The molecule has 8 nitrogen and oxygen atoms in total. The lowest BCUT2D eigenvalue weighted by atomic mass is 9.79. The molecule has 4 heterocycles. The standard InChI is InChI=1S/C15H18N6O2/c1-15(13(22)19-14(23)20-15)9-3-6-21(7-4-9)12-10-2-5-16-11(10)17-8-18-12/h2,5,8-9H,3-4,6-7H2,1H3,(H,16,17,18)(H2,19,20,22,23). The molecule has 0 spiro atoms. The molecule has 0 aliphatic carbocycles.